The number of imidazole rings is 1. The molecule has 0 spiro atoms. The van der Waals surface area contributed by atoms with Crippen molar-refractivity contribution in [3.05, 3.63) is 60.3 Å². The molecule has 4 rings (SSSR count). The first-order valence-corrected chi connectivity index (χ1v) is 7.97. The van der Waals surface area contributed by atoms with E-state index in [1.165, 1.54) is 0 Å². The first kappa shape index (κ1) is 15.3. The van der Waals surface area contributed by atoms with Crippen LogP contribution in [-0.4, -0.2) is 34.0 Å². The number of methoxy groups -OCH3 is 2. The van der Waals surface area contributed by atoms with Crippen LogP contribution in [-0.2, 0) is 6.54 Å². The topological polar surface area (TPSA) is 65.0 Å². The first-order chi connectivity index (χ1) is 12.3. The van der Waals surface area contributed by atoms with Gasteiger partial charge in [0.05, 0.1) is 32.5 Å². The number of fused-ring (bicyclic) bond motifs is 1. The van der Waals surface area contributed by atoms with E-state index < -0.39 is 0 Å². The Balaban J connectivity index is 1.74. The maximum absolute atomic E-state index is 5.43. The minimum Gasteiger partial charge on any atom is -0.496 e. The van der Waals surface area contributed by atoms with Crippen LogP contribution in [0, 0.1) is 0 Å². The summed E-state index contributed by atoms with van der Waals surface area (Å²) < 4.78 is 12.7. The van der Waals surface area contributed by atoms with E-state index in [0.29, 0.717) is 6.54 Å². The van der Waals surface area contributed by atoms with E-state index in [-0.39, 0.29) is 0 Å². The van der Waals surface area contributed by atoms with E-state index in [2.05, 4.69) is 10.1 Å². The molecule has 0 amide bonds. The minimum atomic E-state index is 0.587. The molecule has 0 unspecified atom stereocenters. The van der Waals surface area contributed by atoms with Crippen molar-refractivity contribution in [2.75, 3.05) is 14.2 Å². The Morgan fingerprint density at radius 1 is 0.960 bits per heavy atom. The van der Waals surface area contributed by atoms with Crippen LogP contribution < -0.4 is 9.47 Å². The third-order valence-electron chi connectivity index (χ3n) is 4.16. The van der Waals surface area contributed by atoms with E-state index in [1.54, 1.807) is 20.4 Å². The lowest BCUT2D eigenvalue weighted by Crippen LogP contribution is -2.03. The minimum absolute atomic E-state index is 0.587. The summed E-state index contributed by atoms with van der Waals surface area (Å²) in [5.74, 6) is 2.38. The number of hydrogen-bond donors (Lipinski definition) is 1. The van der Waals surface area contributed by atoms with Crippen molar-refractivity contribution in [1.29, 1.82) is 0 Å². The highest BCUT2D eigenvalue weighted by Crippen LogP contribution is 2.29. The quantitative estimate of drug-likeness (QED) is 0.607. The maximum Gasteiger partial charge on any atom is 0.177 e. The molecule has 0 saturated carbocycles. The highest BCUT2D eigenvalue weighted by molar-refractivity contribution is 5.77. The van der Waals surface area contributed by atoms with Gasteiger partial charge in [0.25, 0.3) is 0 Å². The second kappa shape index (κ2) is 6.32. The second-order valence-electron chi connectivity index (χ2n) is 5.64. The number of benzene rings is 2. The van der Waals surface area contributed by atoms with E-state index >= 15 is 0 Å². The molecule has 0 radical (unpaired) electrons. The van der Waals surface area contributed by atoms with Gasteiger partial charge >= 0.3 is 0 Å². The van der Waals surface area contributed by atoms with Gasteiger partial charge in [0.1, 0.15) is 22.8 Å². The zero-order valence-electron chi connectivity index (χ0n) is 14.1. The van der Waals surface area contributed by atoms with Gasteiger partial charge in [0.15, 0.2) is 5.65 Å². The summed E-state index contributed by atoms with van der Waals surface area (Å²) in [6.45, 7) is 0.587. The molecule has 0 bridgehead atoms. The Bertz CT molecular complexity index is 1020. The van der Waals surface area contributed by atoms with Crippen LogP contribution >= 0.6 is 0 Å². The van der Waals surface area contributed by atoms with Crippen molar-refractivity contribution in [3.8, 4) is 22.9 Å². The summed E-state index contributed by atoms with van der Waals surface area (Å²) >= 11 is 0. The van der Waals surface area contributed by atoms with Crippen molar-refractivity contribution in [2.24, 2.45) is 0 Å². The average molecular weight is 334 g/mol. The van der Waals surface area contributed by atoms with Gasteiger partial charge < -0.3 is 14.5 Å². The van der Waals surface area contributed by atoms with Crippen LogP contribution in [0.15, 0.2) is 54.7 Å². The third kappa shape index (κ3) is 2.71. The molecule has 0 saturated heterocycles. The van der Waals surface area contributed by atoms with Gasteiger partial charge in [-0.2, -0.15) is 5.10 Å². The normalized spacial score (nSPS) is 11.0. The fourth-order valence-corrected chi connectivity index (χ4v) is 2.92. The van der Waals surface area contributed by atoms with Crippen molar-refractivity contribution < 1.29 is 9.47 Å². The van der Waals surface area contributed by atoms with Crippen molar-refractivity contribution in [2.45, 2.75) is 6.54 Å². The maximum atomic E-state index is 5.43. The number of ether oxygens (including phenoxy) is 2. The number of para-hydroxylation sites is 2. The number of aromatic amines is 1. The molecule has 4 aromatic rings. The summed E-state index contributed by atoms with van der Waals surface area (Å²) in [7, 11) is 3.33. The highest BCUT2D eigenvalue weighted by atomic mass is 16.5. The van der Waals surface area contributed by atoms with E-state index in [9.17, 15) is 0 Å². The summed E-state index contributed by atoms with van der Waals surface area (Å²) in [5, 5.41) is 4.44. The average Bonchev–Trinajstić information content (AvgIpc) is 3.24. The summed E-state index contributed by atoms with van der Waals surface area (Å²) in [6.07, 6.45) is 1.79. The van der Waals surface area contributed by atoms with Crippen molar-refractivity contribution in [3.63, 3.8) is 0 Å². The van der Waals surface area contributed by atoms with Crippen molar-refractivity contribution >= 4 is 11.2 Å². The Hall–Kier alpha value is -3.28. The van der Waals surface area contributed by atoms with Gasteiger partial charge in [-0.1, -0.05) is 30.3 Å². The number of aromatic nitrogens is 4. The predicted molar refractivity (Wildman–Crippen MR) is 96.0 cm³/mol. The number of rotatable bonds is 5. The number of H-pyrrole nitrogens is 1. The summed E-state index contributed by atoms with van der Waals surface area (Å²) in [5.41, 5.74) is 3.66. The molecule has 6 heteroatoms. The van der Waals surface area contributed by atoms with Gasteiger partial charge in [0, 0.05) is 5.56 Å². The molecular formula is C19H18N4O2. The van der Waals surface area contributed by atoms with Crippen LogP contribution in [0.5, 0.6) is 11.5 Å². The fourth-order valence-electron chi connectivity index (χ4n) is 2.92. The van der Waals surface area contributed by atoms with E-state index in [4.69, 9.17) is 14.5 Å². The Morgan fingerprint density at radius 2 is 1.68 bits per heavy atom. The Labute approximate surface area is 145 Å². The molecule has 2 heterocycles. The van der Waals surface area contributed by atoms with Gasteiger partial charge in [-0.05, 0) is 18.2 Å². The fraction of sp³-hybridized carbons (Fsp3) is 0.158. The number of nitrogens with one attached hydrogen (secondary N) is 1. The molecule has 1 N–H and O–H groups in total. The summed E-state index contributed by atoms with van der Waals surface area (Å²) in [6, 6.07) is 15.7. The zero-order chi connectivity index (χ0) is 17.2. The summed E-state index contributed by atoms with van der Waals surface area (Å²) in [4.78, 5) is 8.04. The molecule has 0 atom stereocenters. The van der Waals surface area contributed by atoms with Crippen LogP contribution in [0.25, 0.3) is 22.6 Å². The Morgan fingerprint density at radius 3 is 2.48 bits per heavy atom. The zero-order valence-corrected chi connectivity index (χ0v) is 14.1. The number of nitrogens with zero attached hydrogens (tertiary/aromatic N) is 3. The van der Waals surface area contributed by atoms with Crippen LogP contribution in [0.3, 0.4) is 0 Å². The van der Waals surface area contributed by atoms with Crippen LogP contribution in [0.4, 0.5) is 0 Å². The molecule has 126 valence electrons. The van der Waals surface area contributed by atoms with Gasteiger partial charge in [-0.15, -0.1) is 0 Å². The van der Waals surface area contributed by atoms with Gasteiger partial charge in [0.2, 0.25) is 0 Å². The van der Waals surface area contributed by atoms with E-state index in [0.717, 1.165) is 39.6 Å². The SMILES string of the molecule is COc1ccccc1Cn1ncc2[nH]c(-c3ccccc3OC)nc21. The smallest absolute Gasteiger partial charge is 0.177 e. The molecule has 0 aliphatic heterocycles. The molecule has 2 aromatic carbocycles. The molecule has 2 aromatic heterocycles. The lowest BCUT2D eigenvalue weighted by atomic mass is 10.2. The third-order valence-corrected chi connectivity index (χ3v) is 4.16. The molecule has 25 heavy (non-hydrogen) atoms. The predicted octanol–water partition coefficient (Wildman–Crippen LogP) is 3.49. The van der Waals surface area contributed by atoms with Crippen molar-refractivity contribution in [1.82, 2.24) is 19.7 Å². The molecule has 0 aliphatic rings. The molecule has 6 nitrogen and oxygen atoms in total. The number of hydrogen-bond acceptors (Lipinski definition) is 4. The van der Waals surface area contributed by atoms with Crippen LogP contribution in [0.2, 0.25) is 0 Å². The standard InChI is InChI=1S/C19H18N4O2/c1-24-16-9-5-3-7-13(16)12-23-19-15(11-20-23)21-18(22-19)14-8-4-6-10-17(14)25-2/h3-11H,12H2,1-2H3,(H,21,22). The molecule has 0 aliphatic carbocycles. The second-order valence-corrected chi connectivity index (χ2v) is 5.64. The van der Waals surface area contributed by atoms with Crippen LogP contribution in [0.1, 0.15) is 5.56 Å². The molecule has 0 fully saturated rings. The van der Waals surface area contributed by atoms with Gasteiger partial charge in [-0.25, -0.2) is 9.67 Å². The lowest BCUT2D eigenvalue weighted by molar-refractivity contribution is 0.407. The lowest BCUT2D eigenvalue weighted by Gasteiger charge is -2.08. The monoisotopic (exact) mass is 334 g/mol. The van der Waals surface area contributed by atoms with E-state index in [1.807, 2.05) is 53.2 Å². The molecular weight excluding hydrogens is 316 g/mol. The first-order valence-electron chi connectivity index (χ1n) is 7.97. The largest absolute Gasteiger partial charge is 0.496 e. The van der Waals surface area contributed by atoms with Gasteiger partial charge in [-0.3, -0.25) is 0 Å². The highest BCUT2D eigenvalue weighted by Gasteiger charge is 2.14. The Kier molecular flexibility index (Phi) is 3.85.